The van der Waals surface area contributed by atoms with Gasteiger partial charge in [0.25, 0.3) is 0 Å². The largest absolute Gasteiger partial charge is 0.418 e. The molecule has 0 radical (unpaired) electrons. The Hall–Kier alpha value is -3.62. The molecule has 14 heteroatoms. The number of hydrogen-bond donors (Lipinski definition) is 2. The Kier molecular flexibility index (Phi) is 10.4. The predicted octanol–water partition coefficient (Wildman–Crippen LogP) is 7.63. The van der Waals surface area contributed by atoms with Crippen LogP contribution in [0.5, 0.6) is 0 Å². The zero-order chi connectivity index (χ0) is 31.2. The highest BCUT2D eigenvalue weighted by atomic mass is 32.2. The van der Waals surface area contributed by atoms with E-state index in [1.165, 1.54) is 29.2 Å². The molecule has 3 aromatic rings. The number of nitrogens with zero attached hydrogens (tertiary/aromatic N) is 2. The van der Waals surface area contributed by atoms with Gasteiger partial charge in [0.1, 0.15) is 0 Å². The third-order valence-electron chi connectivity index (χ3n) is 6.22. The van der Waals surface area contributed by atoms with Crippen molar-refractivity contribution in [1.82, 2.24) is 9.21 Å². The van der Waals surface area contributed by atoms with E-state index in [2.05, 4.69) is 18.1 Å². The highest BCUT2D eigenvalue weighted by Crippen LogP contribution is 2.48. The van der Waals surface area contributed by atoms with Crippen LogP contribution in [0, 0.1) is 0 Å². The first-order chi connectivity index (χ1) is 20.3. The van der Waals surface area contributed by atoms with Gasteiger partial charge >= 0.3 is 18.4 Å². The summed E-state index contributed by atoms with van der Waals surface area (Å²) in [6.07, 6.45) is -9.18. The summed E-state index contributed by atoms with van der Waals surface area (Å²) < 4.78 is 91.4. The lowest BCUT2D eigenvalue weighted by Gasteiger charge is -2.25. The number of benzene rings is 3. The van der Waals surface area contributed by atoms with Crippen LogP contribution in [0.4, 0.5) is 36.8 Å². The van der Waals surface area contributed by atoms with Gasteiger partial charge in [0.2, 0.25) is 5.91 Å². The zero-order valence-corrected chi connectivity index (χ0v) is 24.0. The van der Waals surface area contributed by atoms with Crippen LogP contribution in [0.15, 0.2) is 82.6 Å². The summed E-state index contributed by atoms with van der Waals surface area (Å²) in [4.78, 5) is 25.8. The van der Waals surface area contributed by atoms with Crippen molar-refractivity contribution in [1.29, 1.82) is 0 Å². The summed E-state index contributed by atoms with van der Waals surface area (Å²) in [5.74, 6) is -0.633. The SMILES string of the molecule is O=C(Nc1cccc(Sc2ccc(C=CC(=O)N3CCOCC3)c(C(F)(F)F)c2C(F)(F)F)c1)N(S)Cc1ccccc1. The van der Waals surface area contributed by atoms with Gasteiger partial charge in [-0.1, -0.05) is 67.0 Å². The number of rotatable bonds is 7. The van der Waals surface area contributed by atoms with Gasteiger partial charge in [-0.25, -0.2) is 4.79 Å². The Morgan fingerprint density at radius 1 is 0.930 bits per heavy atom. The number of alkyl halides is 6. The molecular formula is C29H25F6N3O3S2. The maximum atomic E-state index is 14.2. The molecule has 4 rings (SSSR count). The predicted molar refractivity (Wildman–Crippen MR) is 153 cm³/mol. The standard InChI is InChI=1S/C29H25F6N3O3S2/c30-28(31,32)25-20(10-12-24(39)37-13-15-41-16-14-37)9-11-23(26(25)29(33,34)35)43-22-8-4-7-21(17-22)36-27(40)38(42)18-19-5-2-1-3-6-19/h1-12,17,42H,13-16,18H2,(H,36,40). The lowest BCUT2D eigenvalue weighted by atomic mass is 9.99. The Balaban J connectivity index is 1.60. The van der Waals surface area contributed by atoms with Crippen molar-refractivity contribution in [2.24, 2.45) is 0 Å². The molecule has 0 bridgehead atoms. The minimum atomic E-state index is -5.38. The quantitative estimate of drug-likeness (QED) is 0.158. The minimum absolute atomic E-state index is 0.149. The van der Waals surface area contributed by atoms with E-state index in [0.717, 1.165) is 34.2 Å². The van der Waals surface area contributed by atoms with E-state index in [1.807, 2.05) is 6.07 Å². The molecular weight excluding hydrogens is 616 g/mol. The molecule has 3 amide bonds. The second kappa shape index (κ2) is 13.8. The molecule has 0 spiro atoms. The summed E-state index contributed by atoms with van der Waals surface area (Å²) in [5, 5.41) is 2.57. The van der Waals surface area contributed by atoms with Crippen LogP contribution in [0.25, 0.3) is 6.08 Å². The fraction of sp³-hybridized carbons (Fsp3) is 0.241. The number of ether oxygens (including phenoxy) is 1. The molecule has 0 aliphatic carbocycles. The maximum absolute atomic E-state index is 14.2. The number of morpholine rings is 1. The highest BCUT2D eigenvalue weighted by Gasteiger charge is 2.46. The molecule has 0 atom stereocenters. The molecule has 1 N–H and O–H groups in total. The number of hydrogen-bond acceptors (Lipinski definition) is 5. The summed E-state index contributed by atoms with van der Waals surface area (Å²) in [5.41, 5.74) is -3.55. The average Bonchev–Trinajstić information content (AvgIpc) is 2.96. The summed E-state index contributed by atoms with van der Waals surface area (Å²) in [6.45, 7) is 1.11. The second-order valence-electron chi connectivity index (χ2n) is 9.27. The highest BCUT2D eigenvalue weighted by molar-refractivity contribution is 7.99. The molecule has 228 valence electrons. The zero-order valence-electron chi connectivity index (χ0n) is 22.3. The number of carbonyl (C=O) groups excluding carboxylic acids is 2. The topological polar surface area (TPSA) is 61.9 Å². The van der Waals surface area contributed by atoms with Crippen LogP contribution in [-0.4, -0.2) is 47.4 Å². The van der Waals surface area contributed by atoms with E-state index < -0.39 is 45.9 Å². The molecule has 0 aromatic heterocycles. The number of carbonyl (C=O) groups is 2. The van der Waals surface area contributed by atoms with Crippen LogP contribution in [-0.2, 0) is 28.4 Å². The molecule has 0 saturated carbocycles. The van der Waals surface area contributed by atoms with Crippen molar-refractivity contribution in [2.45, 2.75) is 28.7 Å². The third kappa shape index (κ3) is 8.71. The number of anilines is 1. The van der Waals surface area contributed by atoms with Gasteiger partial charge in [-0.15, -0.1) is 0 Å². The van der Waals surface area contributed by atoms with Crippen LogP contribution < -0.4 is 5.32 Å². The normalized spacial score (nSPS) is 14.2. The maximum Gasteiger partial charge on any atom is 0.418 e. The number of thiol groups is 1. The average molecular weight is 642 g/mol. The Labute approximate surface area is 253 Å². The Morgan fingerprint density at radius 2 is 1.60 bits per heavy atom. The van der Waals surface area contributed by atoms with E-state index in [9.17, 15) is 35.9 Å². The molecule has 1 aliphatic heterocycles. The molecule has 43 heavy (non-hydrogen) atoms. The summed E-state index contributed by atoms with van der Waals surface area (Å²) in [7, 11) is 0. The lowest BCUT2D eigenvalue weighted by molar-refractivity contribution is -0.163. The van der Waals surface area contributed by atoms with Crippen LogP contribution in [0.1, 0.15) is 22.3 Å². The smallest absolute Gasteiger partial charge is 0.378 e. The third-order valence-corrected chi connectivity index (χ3v) is 7.59. The molecule has 6 nitrogen and oxygen atoms in total. The molecule has 1 fully saturated rings. The van der Waals surface area contributed by atoms with Gasteiger partial charge in [0.15, 0.2) is 0 Å². The molecule has 1 heterocycles. The van der Waals surface area contributed by atoms with E-state index >= 15 is 0 Å². The van der Waals surface area contributed by atoms with E-state index in [0.29, 0.717) is 11.8 Å². The van der Waals surface area contributed by atoms with Crippen LogP contribution in [0.3, 0.4) is 0 Å². The van der Waals surface area contributed by atoms with Crippen molar-refractivity contribution in [3.63, 3.8) is 0 Å². The van der Waals surface area contributed by atoms with Gasteiger partial charge in [-0.3, -0.25) is 9.10 Å². The van der Waals surface area contributed by atoms with E-state index in [4.69, 9.17) is 4.74 Å². The monoisotopic (exact) mass is 641 g/mol. The Morgan fingerprint density at radius 3 is 2.26 bits per heavy atom. The fourth-order valence-corrected chi connectivity index (χ4v) is 5.50. The first-order valence-corrected chi connectivity index (χ1v) is 14.0. The van der Waals surface area contributed by atoms with Gasteiger partial charge in [-0.2, -0.15) is 26.3 Å². The van der Waals surface area contributed by atoms with Gasteiger partial charge < -0.3 is 15.0 Å². The summed E-state index contributed by atoms with van der Waals surface area (Å²) >= 11 is 4.64. The first kappa shape index (κ1) is 32.3. The Bertz CT molecular complexity index is 1480. The molecule has 0 unspecified atom stereocenters. The minimum Gasteiger partial charge on any atom is -0.378 e. The van der Waals surface area contributed by atoms with Crippen molar-refractivity contribution >= 4 is 48.3 Å². The molecule has 3 aromatic carbocycles. The van der Waals surface area contributed by atoms with E-state index in [1.54, 1.807) is 24.3 Å². The first-order valence-electron chi connectivity index (χ1n) is 12.8. The fourth-order valence-electron chi connectivity index (χ4n) is 4.24. The summed E-state index contributed by atoms with van der Waals surface area (Å²) in [6, 6.07) is 15.9. The van der Waals surface area contributed by atoms with Crippen molar-refractivity contribution < 1.29 is 40.7 Å². The second-order valence-corrected chi connectivity index (χ2v) is 10.9. The van der Waals surface area contributed by atoms with Gasteiger partial charge in [0.05, 0.1) is 30.9 Å². The van der Waals surface area contributed by atoms with Crippen LogP contribution >= 0.6 is 24.6 Å². The molecule has 1 aliphatic rings. The van der Waals surface area contributed by atoms with E-state index in [-0.39, 0.29) is 43.4 Å². The van der Waals surface area contributed by atoms with Gasteiger partial charge in [-0.05, 0) is 41.5 Å². The number of urea groups is 1. The number of halogens is 6. The van der Waals surface area contributed by atoms with Crippen molar-refractivity contribution in [2.75, 3.05) is 31.6 Å². The number of amides is 3. The number of nitrogens with one attached hydrogen (secondary N) is 1. The lowest BCUT2D eigenvalue weighted by Crippen LogP contribution is -2.39. The van der Waals surface area contributed by atoms with Gasteiger partial charge in [0, 0.05) is 34.6 Å². The van der Waals surface area contributed by atoms with Crippen molar-refractivity contribution in [3.05, 3.63) is 95.1 Å². The van der Waals surface area contributed by atoms with Crippen molar-refractivity contribution in [3.8, 4) is 0 Å². The van der Waals surface area contributed by atoms with Crippen LogP contribution in [0.2, 0.25) is 0 Å². The molecule has 1 saturated heterocycles.